The van der Waals surface area contributed by atoms with Gasteiger partial charge in [-0.25, -0.2) is 0 Å². The standard InChI is InChI=1S/C14H26BrN3/c1-10(2)16-8-7-14(4,5)9-12-13(15)11(3)17-18(12)6/h10,16H,7-9H2,1-6H3. The molecule has 0 aliphatic rings. The largest absolute Gasteiger partial charge is 0.315 e. The fourth-order valence-electron chi connectivity index (χ4n) is 2.11. The first-order valence-corrected chi connectivity index (χ1v) is 7.43. The zero-order valence-electron chi connectivity index (χ0n) is 12.5. The van der Waals surface area contributed by atoms with Crippen molar-refractivity contribution in [3.63, 3.8) is 0 Å². The smallest absolute Gasteiger partial charge is 0.0738 e. The molecule has 0 radical (unpaired) electrons. The fourth-order valence-corrected chi connectivity index (χ4v) is 2.59. The zero-order valence-corrected chi connectivity index (χ0v) is 14.1. The Morgan fingerprint density at radius 1 is 1.39 bits per heavy atom. The van der Waals surface area contributed by atoms with Gasteiger partial charge < -0.3 is 5.32 Å². The van der Waals surface area contributed by atoms with E-state index >= 15 is 0 Å². The van der Waals surface area contributed by atoms with Crippen LogP contribution in [0.1, 0.15) is 45.5 Å². The summed E-state index contributed by atoms with van der Waals surface area (Å²) in [6, 6.07) is 0.562. The lowest BCUT2D eigenvalue weighted by Crippen LogP contribution is -2.29. The first-order valence-electron chi connectivity index (χ1n) is 6.64. The molecule has 0 bridgehead atoms. The molecule has 104 valence electrons. The van der Waals surface area contributed by atoms with E-state index in [9.17, 15) is 0 Å². The van der Waals surface area contributed by atoms with E-state index in [1.807, 2.05) is 18.7 Å². The van der Waals surface area contributed by atoms with Gasteiger partial charge >= 0.3 is 0 Å². The van der Waals surface area contributed by atoms with Crippen LogP contribution in [0, 0.1) is 12.3 Å². The van der Waals surface area contributed by atoms with E-state index < -0.39 is 0 Å². The Kier molecular flexibility index (Phi) is 5.41. The number of nitrogens with one attached hydrogen (secondary N) is 1. The van der Waals surface area contributed by atoms with Gasteiger partial charge in [-0.05, 0) is 47.7 Å². The minimum Gasteiger partial charge on any atom is -0.315 e. The number of halogens is 1. The van der Waals surface area contributed by atoms with Gasteiger partial charge in [0.25, 0.3) is 0 Å². The molecular formula is C14H26BrN3. The number of aromatic nitrogens is 2. The minimum absolute atomic E-state index is 0.282. The Balaban J connectivity index is 2.64. The van der Waals surface area contributed by atoms with Crippen LogP contribution in [0.15, 0.2) is 4.47 Å². The van der Waals surface area contributed by atoms with Crippen LogP contribution >= 0.6 is 15.9 Å². The summed E-state index contributed by atoms with van der Waals surface area (Å²) in [6.45, 7) is 12.1. The second kappa shape index (κ2) is 6.20. The molecular weight excluding hydrogens is 290 g/mol. The molecule has 0 fully saturated rings. The summed E-state index contributed by atoms with van der Waals surface area (Å²) in [4.78, 5) is 0. The summed E-state index contributed by atoms with van der Waals surface area (Å²) in [6.07, 6.45) is 2.21. The summed E-state index contributed by atoms with van der Waals surface area (Å²) in [5.74, 6) is 0. The molecule has 0 aliphatic heterocycles. The highest BCUT2D eigenvalue weighted by molar-refractivity contribution is 9.10. The quantitative estimate of drug-likeness (QED) is 0.871. The van der Waals surface area contributed by atoms with Gasteiger partial charge in [-0.3, -0.25) is 4.68 Å². The van der Waals surface area contributed by atoms with Crippen LogP contribution in [0.5, 0.6) is 0 Å². The molecule has 0 amide bonds. The van der Waals surface area contributed by atoms with E-state index in [4.69, 9.17) is 0 Å². The lowest BCUT2D eigenvalue weighted by Gasteiger charge is -2.25. The molecule has 3 nitrogen and oxygen atoms in total. The van der Waals surface area contributed by atoms with Gasteiger partial charge in [-0.1, -0.05) is 27.7 Å². The molecule has 4 heteroatoms. The van der Waals surface area contributed by atoms with E-state index in [0.29, 0.717) is 6.04 Å². The normalized spacial score (nSPS) is 12.4. The molecule has 1 aromatic rings. The summed E-state index contributed by atoms with van der Waals surface area (Å²) >= 11 is 3.65. The Bertz CT molecular complexity index is 394. The topological polar surface area (TPSA) is 29.9 Å². The van der Waals surface area contributed by atoms with E-state index in [-0.39, 0.29) is 5.41 Å². The van der Waals surface area contributed by atoms with E-state index in [1.54, 1.807) is 0 Å². The average molecular weight is 316 g/mol. The van der Waals surface area contributed by atoms with Crippen molar-refractivity contribution < 1.29 is 0 Å². The van der Waals surface area contributed by atoms with Crippen molar-refractivity contribution in [2.75, 3.05) is 6.54 Å². The molecule has 0 saturated heterocycles. The van der Waals surface area contributed by atoms with Gasteiger partial charge in [-0.2, -0.15) is 5.10 Å². The first kappa shape index (κ1) is 15.7. The third-order valence-corrected chi connectivity index (χ3v) is 4.29. The molecule has 0 saturated carbocycles. The summed E-state index contributed by atoms with van der Waals surface area (Å²) in [5, 5.41) is 7.95. The molecule has 0 aliphatic carbocycles. The van der Waals surface area contributed by atoms with Crippen LogP contribution in [0.4, 0.5) is 0 Å². The van der Waals surface area contributed by atoms with Crippen LogP contribution in [0.25, 0.3) is 0 Å². The summed E-state index contributed by atoms with van der Waals surface area (Å²) < 4.78 is 3.16. The first-order chi connectivity index (χ1) is 8.23. The molecule has 0 atom stereocenters. The van der Waals surface area contributed by atoms with Crippen molar-refractivity contribution in [3.8, 4) is 0 Å². The predicted octanol–water partition coefficient (Wildman–Crippen LogP) is 3.45. The van der Waals surface area contributed by atoms with Crippen molar-refractivity contribution in [2.45, 2.75) is 53.5 Å². The third kappa shape index (κ3) is 4.39. The Labute approximate surface area is 119 Å². The number of nitrogens with zero attached hydrogens (tertiary/aromatic N) is 2. The maximum atomic E-state index is 4.46. The van der Waals surface area contributed by atoms with Gasteiger partial charge in [0, 0.05) is 13.1 Å². The second-order valence-corrected chi connectivity index (χ2v) is 6.96. The van der Waals surface area contributed by atoms with Crippen LogP contribution in [0.3, 0.4) is 0 Å². The second-order valence-electron chi connectivity index (χ2n) is 6.17. The monoisotopic (exact) mass is 315 g/mol. The summed E-state index contributed by atoms with van der Waals surface area (Å²) in [5.41, 5.74) is 2.65. The van der Waals surface area contributed by atoms with Gasteiger partial charge in [-0.15, -0.1) is 0 Å². The Hall–Kier alpha value is -0.350. The fraction of sp³-hybridized carbons (Fsp3) is 0.786. The van der Waals surface area contributed by atoms with Gasteiger partial charge in [0.05, 0.1) is 15.9 Å². The SMILES string of the molecule is Cc1nn(C)c(CC(C)(C)CCNC(C)C)c1Br. The molecule has 0 unspecified atom stereocenters. The average Bonchev–Trinajstić information content (AvgIpc) is 2.44. The summed E-state index contributed by atoms with van der Waals surface area (Å²) in [7, 11) is 2.02. The van der Waals surface area contributed by atoms with E-state index in [2.05, 4.69) is 54.0 Å². The maximum Gasteiger partial charge on any atom is 0.0738 e. The maximum absolute atomic E-state index is 4.46. The number of hydrogen-bond acceptors (Lipinski definition) is 2. The van der Waals surface area contributed by atoms with Crippen molar-refractivity contribution >= 4 is 15.9 Å². The van der Waals surface area contributed by atoms with Crippen molar-refractivity contribution in [3.05, 3.63) is 15.9 Å². The van der Waals surface area contributed by atoms with Crippen molar-refractivity contribution in [1.29, 1.82) is 0 Å². The van der Waals surface area contributed by atoms with Gasteiger partial charge in [0.1, 0.15) is 0 Å². The van der Waals surface area contributed by atoms with E-state index in [0.717, 1.165) is 23.1 Å². The zero-order chi connectivity index (χ0) is 13.9. The Morgan fingerprint density at radius 3 is 2.44 bits per heavy atom. The molecule has 0 spiro atoms. The highest BCUT2D eigenvalue weighted by atomic mass is 79.9. The lowest BCUT2D eigenvalue weighted by atomic mass is 9.84. The van der Waals surface area contributed by atoms with E-state index in [1.165, 1.54) is 12.1 Å². The van der Waals surface area contributed by atoms with Crippen molar-refractivity contribution in [2.24, 2.45) is 12.5 Å². The number of aryl methyl sites for hydroxylation is 2. The molecule has 1 aromatic heterocycles. The van der Waals surface area contributed by atoms with Gasteiger partial charge in [0.15, 0.2) is 0 Å². The molecule has 18 heavy (non-hydrogen) atoms. The molecule has 1 heterocycles. The minimum atomic E-state index is 0.282. The lowest BCUT2D eigenvalue weighted by molar-refractivity contribution is 0.313. The van der Waals surface area contributed by atoms with Gasteiger partial charge in [0.2, 0.25) is 0 Å². The third-order valence-electron chi connectivity index (χ3n) is 3.26. The molecule has 1 rings (SSSR count). The number of rotatable bonds is 6. The molecule has 0 aromatic carbocycles. The highest BCUT2D eigenvalue weighted by Crippen LogP contribution is 2.30. The number of hydrogen-bond donors (Lipinski definition) is 1. The van der Waals surface area contributed by atoms with Crippen LogP contribution in [0.2, 0.25) is 0 Å². The highest BCUT2D eigenvalue weighted by Gasteiger charge is 2.22. The molecule has 1 N–H and O–H groups in total. The predicted molar refractivity (Wildman–Crippen MR) is 80.9 cm³/mol. The van der Waals surface area contributed by atoms with Crippen molar-refractivity contribution in [1.82, 2.24) is 15.1 Å². The Morgan fingerprint density at radius 2 is 2.00 bits per heavy atom. The van der Waals surface area contributed by atoms with Crippen LogP contribution in [-0.2, 0) is 13.5 Å². The van der Waals surface area contributed by atoms with Crippen LogP contribution in [-0.4, -0.2) is 22.4 Å². The van der Waals surface area contributed by atoms with Crippen LogP contribution < -0.4 is 5.32 Å².